The van der Waals surface area contributed by atoms with E-state index in [4.69, 9.17) is 21.1 Å². The van der Waals surface area contributed by atoms with Gasteiger partial charge in [0.15, 0.2) is 0 Å². The third kappa shape index (κ3) is 3.86. The zero-order valence-corrected chi connectivity index (χ0v) is 16.1. The Morgan fingerprint density at radius 2 is 1.65 bits per heavy atom. The van der Waals surface area contributed by atoms with Crippen molar-refractivity contribution in [1.29, 1.82) is 0 Å². The molecule has 0 bridgehead atoms. The summed E-state index contributed by atoms with van der Waals surface area (Å²) >= 11 is 6.39. The highest BCUT2D eigenvalue weighted by Crippen LogP contribution is 2.34. The standard InChI is InChI=1S/C23H23ClO2/c1-4-17-13-21(24)23(14-22(17)25-3)26-15-19-11-8-12-20(16(19)2)18-9-6-5-7-10-18/h5-14H,4,15H2,1-3H3. The molecule has 26 heavy (non-hydrogen) atoms. The monoisotopic (exact) mass is 366 g/mol. The Kier molecular flexibility index (Phi) is 5.85. The van der Waals surface area contributed by atoms with Crippen LogP contribution in [0.4, 0.5) is 0 Å². The highest BCUT2D eigenvalue weighted by molar-refractivity contribution is 6.32. The Hall–Kier alpha value is -2.45. The third-order valence-corrected chi connectivity index (χ3v) is 4.93. The van der Waals surface area contributed by atoms with E-state index in [0.29, 0.717) is 17.4 Å². The van der Waals surface area contributed by atoms with Crippen molar-refractivity contribution in [2.75, 3.05) is 7.11 Å². The molecule has 3 heteroatoms. The van der Waals surface area contributed by atoms with Gasteiger partial charge in [-0.1, -0.05) is 67.1 Å². The summed E-state index contributed by atoms with van der Waals surface area (Å²) in [4.78, 5) is 0. The summed E-state index contributed by atoms with van der Waals surface area (Å²) < 4.78 is 11.5. The largest absolute Gasteiger partial charge is 0.496 e. The first-order valence-corrected chi connectivity index (χ1v) is 9.15. The molecule has 134 valence electrons. The minimum absolute atomic E-state index is 0.459. The van der Waals surface area contributed by atoms with Crippen LogP contribution in [-0.4, -0.2) is 7.11 Å². The van der Waals surface area contributed by atoms with Gasteiger partial charge in [0.1, 0.15) is 18.1 Å². The van der Waals surface area contributed by atoms with Gasteiger partial charge in [-0.05, 0) is 47.2 Å². The number of rotatable bonds is 6. The first-order chi connectivity index (χ1) is 12.6. The molecule has 3 aromatic carbocycles. The summed E-state index contributed by atoms with van der Waals surface area (Å²) in [6, 6.07) is 20.5. The first kappa shape index (κ1) is 18.3. The Balaban J connectivity index is 1.85. The third-order valence-electron chi connectivity index (χ3n) is 4.63. The topological polar surface area (TPSA) is 18.5 Å². The molecule has 2 nitrogen and oxygen atoms in total. The molecule has 3 aromatic rings. The van der Waals surface area contributed by atoms with Crippen LogP contribution in [0.1, 0.15) is 23.6 Å². The first-order valence-electron chi connectivity index (χ1n) is 8.77. The van der Waals surface area contributed by atoms with Crippen molar-refractivity contribution in [3.05, 3.63) is 82.4 Å². The molecule has 3 rings (SSSR count). The fourth-order valence-electron chi connectivity index (χ4n) is 3.08. The van der Waals surface area contributed by atoms with E-state index in [2.05, 4.69) is 56.3 Å². The van der Waals surface area contributed by atoms with Crippen LogP contribution in [0.3, 0.4) is 0 Å². The van der Waals surface area contributed by atoms with Crippen molar-refractivity contribution in [3.63, 3.8) is 0 Å². The molecule has 0 fully saturated rings. The summed E-state index contributed by atoms with van der Waals surface area (Å²) in [6.45, 7) is 4.66. The molecule has 0 aliphatic carbocycles. The van der Waals surface area contributed by atoms with Gasteiger partial charge in [0.05, 0.1) is 12.1 Å². The molecule has 0 radical (unpaired) electrons. The van der Waals surface area contributed by atoms with Gasteiger partial charge < -0.3 is 9.47 Å². The van der Waals surface area contributed by atoms with Crippen molar-refractivity contribution in [2.24, 2.45) is 0 Å². The lowest BCUT2D eigenvalue weighted by molar-refractivity contribution is 0.303. The molecule has 0 saturated carbocycles. The highest BCUT2D eigenvalue weighted by Gasteiger charge is 2.11. The van der Waals surface area contributed by atoms with Crippen LogP contribution in [-0.2, 0) is 13.0 Å². The average Bonchev–Trinajstić information content (AvgIpc) is 2.68. The number of ether oxygens (including phenoxy) is 2. The molecular formula is C23H23ClO2. The molecule has 0 N–H and O–H groups in total. The number of aryl methyl sites for hydroxylation is 1. The van der Waals surface area contributed by atoms with Crippen molar-refractivity contribution in [1.82, 2.24) is 0 Å². The second kappa shape index (κ2) is 8.29. The minimum Gasteiger partial charge on any atom is -0.496 e. The van der Waals surface area contributed by atoms with Crippen LogP contribution < -0.4 is 9.47 Å². The van der Waals surface area contributed by atoms with Crippen LogP contribution in [0.15, 0.2) is 60.7 Å². The zero-order chi connectivity index (χ0) is 18.5. The molecule has 0 spiro atoms. The fraction of sp³-hybridized carbons (Fsp3) is 0.217. The van der Waals surface area contributed by atoms with Gasteiger partial charge >= 0.3 is 0 Å². The number of halogens is 1. The molecule has 0 aliphatic rings. The summed E-state index contributed by atoms with van der Waals surface area (Å²) in [5.41, 5.74) is 5.86. The molecule has 0 aromatic heterocycles. The van der Waals surface area contributed by atoms with Gasteiger partial charge in [-0.25, -0.2) is 0 Å². The SMILES string of the molecule is CCc1cc(Cl)c(OCc2cccc(-c3ccccc3)c2C)cc1OC. The Morgan fingerprint density at radius 1 is 0.885 bits per heavy atom. The van der Waals surface area contributed by atoms with Gasteiger partial charge in [0.2, 0.25) is 0 Å². The van der Waals surface area contributed by atoms with Crippen molar-refractivity contribution < 1.29 is 9.47 Å². The lowest BCUT2D eigenvalue weighted by atomic mass is 9.97. The smallest absolute Gasteiger partial charge is 0.142 e. The maximum atomic E-state index is 6.39. The Labute approximate surface area is 160 Å². The quantitative estimate of drug-likeness (QED) is 0.498. The highest BCUT2D eigenvalue weighted by atomic mass is 35.5. The number of hydrogen-bond acceptors (Lipinski definition) is 2. The number of hydrogen-bond donors (Lipinski definition) is 0. The zero-order valence-electron chi connectivity index (χ0n) is 15.4. The van der Waals surface area contributed by atoms with Crippen LogP contribution in [0.2, 0.25) is 5.02 Å². The average molecular weight is 367 g/mol. The van der Waals surface area contributed by atoms with Gasteiger partial charge in [-0.15, -0.1) is 0 Å². The van der Waals surface area contributed by atoms with E-state index in [0.717, 1.165) is 23.3 Å². The van der Waals surface area contributed by atoms with E-state index >= 15 is 0 Å². The summed E-state index contributed by atoms with van der Waals surface area (Å²) in [5.74, 6) is 1.45. The number of methoxy groups -OCH3 is 1. The van der Waals surface area contributed by atoms with Crippen molar-refractivity contribution >= 4 is 11.6 Å². The van der Waals surface area contributed by atoms with Crippen LogP contribution >= 0.6 is 11.6 Å². The molecule has 0 unspecified atom stereocenters. The van der Waals surface area contributed by atoms with Crippen molar-refractivity contribution in [3.8, 4) is 22.6 Å². The van der Waals surface area contributed by atoms with Crippen LogP contribution in [0.25, 0.3) is 11.1 Å². The van der Waals surface area contributed by atoms with Gasteiger partial charge in [0, 0.05) is 6.07 Å². The van der Waals surface area contributed by atoms with E-state index < -0.39 is 0 Å². The predicted octanol–water partition coefficient (Wildman–Crippen LogP) is 6.47. The maximum Gasteiger partial charge on any atom is 0.142 e. The lowest BCUT2D eigenvalue weighted by Crippen LogP contribution is -2.01. The normalized spacial score (nSPS) is 10.6. The van der Waals surface area contributed by atoms with E-state index in [1.54, 1.807) is 7.11 Å². The van der Waals surface area contributed by atoms with E-state index in [-0.39, 0.29) is 0 Å². The Bertz CT molecular complexity index is 888. The minimum atomic E-state index is 0.459. The second-order valence-electron chi connectivity index (χ2n) is 6.19. The molecule has 0 amide bonds. The second-order valence-corrected chi connectivity index (χ2v) is 6.60. The van der Waals surface area contributed by atoms with E-state index in [9.17, 15) is 0 Å². The van der Waals surface area contributed by atoms with Gasteiger partial charge in [-0.2, -0.15) is 0 Å². The maximum absolute atomic E-state index is 6.39. The lowest BCUT2D eigenvalue weighted by Gasteiger charge is -2.15. The van der Waals surface area contributed by atoms with Gasteiger partial charge in [-0.3, -0.25) is 0 Å². The van der Waals surface area contributed by atoms with E-state index in [1.165, 1.54) is 16.7 Å². The Morgan fingerprint density at radius 3 is 2.35 bits per heavy atom. The van der Waals surface area contributed by atoms with E-state index in [1.807, 2.05) is 18.2 Å². The molecular weight excluding hydrogens is 344 g/mol. The van der Waals surface area contributed by atoms with Crippen molar-refractivity contribution in [2.45, 2.75) is 26.9 Å². The molecule has 0 saturated heterocycles. The molecule has 0 atom stereocenters. The molecule has 0 heterocycles. The summed E-state index contributed by atoms with van der Waals surface area (Å²) in [5, 5.41) is 0.611. The number of benzene rings is 3. The van der Waals surface area contributed by atoms with Gasteiger partial charge in [0.25, 0.3) is 0 Å². The summed E-state index contributed by atoms with van der Waals surface area (Å²) in [6.07, 6.45) is 0.863. The van der Waals surface area contributed by atoms with Crippen LogP contribution in [0.5, 0.6) is 11.5 Å². The summed E-state index contributed by atoms with van der Waals surface area (Å²) in [7, 11) is 1.67. The molecule has 0 aliphatic heterocycles. The fourth-order valence-corrected chi connectivity index (χ4v) is 3.32. The van der Waals surface area contributed by atoms with Crippen LogP contribution in [0, 0.1) is 6.92 Å². The predicted molar refractivity (Wildman–Crippen MR) is 108 cm³/mol.